The molecule has 0 aliphatic rings. The van der Waals surface area contributed by atoms with Crippen molar-refractivity contribution in [2.75, 3.05) is 18.9 Å². The van der Waals surface area contributed by atoms with Crippen LogP contribution in [0.2, 0.25) is 0 Å². The average molecular weight is 638 g/mol. The van der Waals surface area contributed by atoms with Crippen LogP contribution in [0.3, 0.4) is 0 Å². The van der Waals surface area contributed by atoms with E-state index in [1.54, 1.807) is 13.1 Å². The first-order chi connectivity index (χ1) is 21.8. The van der Waals surface area contributed by atoms with Gasteiger partial charge < -0.3 is 16.4 Å². The molecule has 0 spiro atoms. The van der Waals surface area contributed by atoms with Crippen molar-refractivity contribution in [2.24, 2.45) is 5.73 Å². The topological polar surface area (TPSA) is 119 Å². The van der Waals surface area contributed by atoms with Crippen LogP contribution in [0.4, 0.5) is 23.2 Å². The van der Waals surface area contributed by atoms with Crippen LogP contribution in [0.5, 0.6) is 0 Å². The second-order valence-electron chi connectivity index (χ2n) is 10.3. The van der Waals surface area contributed by atoms with Crippen LogP contribution in [-0.4, -0.2) is 35.3 Å². The van der Waals surface area contributed by atoms with E-state index in [0.717, 1.165) is 41.1 Å². The van der Waals surface area contributed by atoms with Gasteiger partial charge in [0.15, 0.2) is 5.78 Å². The SMILES string of the molecule is CC/C=C(\CNC)Nc1cnc(-c2cccc(C)c2C)n(Cc2cc(C(=O)c3ccc(F)cc3)cc(C(F)(F)F)c2)c1=O.NC=O. The molecule has 0 saturated heterocycles. The Morgan fingerprint density at radius 3 is 2.33 bits per heavy atom. The Hall–Kier alpha value is -5.10. The van der Waals surface area contributed by atoms with Crippen molar-refractivity contribution < 1.29 is 27.2 Å². The molecule has 0 aliphatic heterocycles. The summed E-state index contributed by atoms with van der Waals surface area (Å²) in [6.45, 7) is 5.91. The highest BCUT2D eigenvalue weighted by Gasteiger charge is 2.32. The highest BCUT2D eigenvalue weighted by molar-refractivity contribution is 6.09. The minimum atomic E-state index is -4.76. The Labute approximate surface area is 264 Å². The van der Waals surface area contributed by atoms with E-state index >= 15 is 0 Å². The summed E-state index contributed by atoms with van der Waals surface area (Å²) in [4.78, 5) is 40.3. The molecule has 0 unspecified atom stereocenters. The van der Waals surface area contributed by atoms with Crippen molar-refractivity contribution in [3.63, 3.8) is 0 Å². The molecule has 0 atom stereocenters. The zero-order valence-electron chi connectivity index (χ0n) is 25.8. The molecule has 0 aliphatic carbocycles. The molecule has 0 bridgehead atoms. The number of hydrogen-bond acceptors (Lipinski definition) is 6. The molecule has 1 heterocycles. The third-order valence-corrected chi connectivity index (χ3v) is 7.04. The maximum absolute atomic E-state index is 14.0. The van der Waals surface area contributed by atoms with Gasteiger partial charge in [0.05, 0.1) is 18.3 Å². The van der Waals surface area contributed by atoms with Crippen LogP contribution in [0.25, 0.3) is 11.4 Å². The molecule has 4 aromatic rings. The Morgan fingerprint density at radius 2 is 1.72 bits per heavy atom. The monoisotopic (exact) mass is 637 g/mol. The summed E-state index contributed by atoms with van der Waals surface area (Å²) in [5.41, 5.74) is 5.87. The van der Waals surface area contributed by atoms with Gasteiger partial charge in [0.2, 0.25) is 6.41 Å². The molecule has 1 aromatic heterocycles. The van der Waals surface area contributed by atoms with E-state index < -0.39 is 28.9 Å². The molecule has 0 fully saturated rings. The zero-order valence-corrected chi connectivity index (χ0v) is 25.8. The van der Waals surface area contributed by atoms with Gasteiger partial charge in [-0.05, 0) is 86.5 Å². The minimum Gasteiger partial charge on any atom is -0.372 e. The van der Waals surface area contributed by atoms with Crippen LogP contribution in [0.1, 0.15) is 51.5 Å². The number of carbonyl (C=O) groups excluding carboxylic acids is 2. The molecule has 242 valence electrons. The molecule has 0 saturated carbocycles. The van der Waals surface area contributed by atoms with Gasteiger partial charge in [0.1, 0.15) is 17.3 Å². The van der Waals surface area contributed by atoms with Gasteiger partial charge in [0, 0.05) is 28.9 Å². The maximum atomic E-state index is 14.0. The minimum absolute atomic E-state index is 0.0348. The summed E-state index contributed by atoms with van der Waals surface area (Å²) in [6.07, 6.45) is -0.464. The average Bonchev–Trinajstić information content (AvgIpc) is 3.01. The number of aryl methyl sites for hydroxylation is 1. The summed E-state index contributed by atoms with van der Waals surface area (Å²) in [5, 5.41) is 6.14. The molecule has 4 rings (SSSR count). The first-order valence-corrected chi connectivity index (χ1v) is 14.3. The number of halogens is 4. The van der Waals surface area contributed by atoms with E-state index in [9.17, 15) is 27.2 Å². The number of allylic oxidation sites excluding steroid dienone is 1. The van der Waals surface area contributed by atoms with Crippen molar-refractivity contribution >= 4 is 17.9 Å². The number of likely N-dealkylation sites (N-methyl/N-ethyl adjacent to an activating group) is 1. The lowest BCUT2D eigenvalue weighted by molar-refractivity contribution is -0.137. The van der Waals surface area contributed by atoms with E-state index in [1.807, 2.05) is 39.0 Å². The summed E-state index contributed by atoms with van der Waals surface area (Å²) in [6, 6.07) is 13.1. The lowest BCUT2D eigenvalue weighted by Crippen LogP contribution is -2.28. The standard InChI is InChI=1S/C33H32F4N4O2.CH3NO/c1-5-7-27(17-38-4)40-29-18-39-31(28-9-6-8-20(2)21(28)3)41(32(29)43)19-22-14-24(16-25(15-22)33(35,36)37)30(42)23-10-12-26(34)13-11-23;2-1-3/h6-16,18,38,40H,5,17,19H2,1-4H3;1H,(H2,2,3)/b27-7+;. The van der Waals surface area contributed by atoms with E-state index in [0.29, 0.717) is 18.5 Å². The van der Waals surface area contributed by atoms with E-state index in [-0.39, 0.29) is 41.2 Å². The molecular formula is C34H35F4N5O3. The number of nitrogens with zero attached hydrogens (tertiary/aromatic N) is 2. The molecule has 3 aromatic carbocycles. The molecule has 12 heteroatoms. The van der Waals surface area contributed by atoms with Crippen LogP contribution >= 0.6 is 0 Å². The number of nitrogens with one attached hydrogen (secondary N) is 2. The number of benzene rings is 3. The first-order valence-electron chi connectivity index (χ1n) is 14.3. The number of carbonyl (C=O) groups is 2. The van der Waals surface area contributed by atoms with Gasteiger partial charge in [-0.25, -0.2) is 9.37 Å². The second kappa shape index (κ2) is 15.8. The fourth-order valence-corrected chi connectivity index (χ4v) is 4.74. The lowest BCUT2D eigenvalue weighted by Gasteiger charge is -2.19. The molecule has 46 heavy (non-hydrogen) atoms. The highest BCUT2D eigenvalue weighted by atomic mass is 19.4. The Bertz CT molecular complexity index is 1780. The van der Waals surface area contributed by atoms with Gasteiger partial charge >= 0.3 is 6.18 Å². The molecular weight excluding hydrogens is 602 g/mol. The van der Waals surface area contributed by atoms with Gasteiger partial charge in [-0.3, -0.25) is 19.0 Å². The third kappa shape index (κ3) is 8.75. The molecule has 4 N–H and O–H groups in total. The lowest BCUT2D eigenvalue weighted by atomic mass is 9.98. The van der Waals surface area contributed by atoms with Crippen molar-refractivity contribution in [1.29, 1.82) is 0 Å². The Morgan fingerprint density at radius 1 is 1.04 bits per heavy atom. The van der Waals surface area contributed by atoms with E-state index in [1.165, 1.54) is 29.0 Å². The number of alkyl halides is 3. The predicted molar refractivity (Wildman–Crippen MR) is 170 cm³/mol. The second-order valence-corrected chi connectivity index (χ2v) is 10.3. The summed E-state index contributed by atoms with van der Waals surface area (Å²) >= 11 is 0. The van der Waals surface area contributed by atoms with Gasteiger partial charge in [-0.15, -0.1) is 0 Å². The van der Waals surface area contributed by atoms with Crippen LogP contribution in [0, 0.1) is 19.7 Å². The van der Waals surface area contributed by atoms with Gasteiger partial charge in [0.25, 0.3) is 5.56 Å². The number of aromatic nitrogens is 2. The summed E-state index contributed by atoms with van der Waals surface area (Å²) in [5.74, 6) is -1.01. The predicted octanol–water partition coefficient (Wildman–Crippen LogP) is 5.99. The largest absolute Gasteiger partial charge is 0.416 e. The van der Waals surface area contributed by atoms with Crippen LogP contribution in [-0.2, 0) is 17.5 Å². The number of hydrogen-bond donors (Lipinski definition) is 3. The van der Waals surface area contributed by atoms with Crippen molar-refractivity contribution in [2.45, 2.75) is 39.9 Å². The van der Waals surface area contributed by atoms with Crippen LogP contribution in [0.15, 0.2) is 83.4 Å². The van der Waals surface area contributed by atoms with Crippen LogP contribution < -0.4 is 21.9 Å². The molecule has 8 nitrogen and oxygen atoms in total. The number of nitrogens with two attached hydrogens (primary N) is 1. The maximum Gasteiger partial charge on any atom is 0.416 e. The van der Waals surface area contributed by atoms with Crippen molar-refractivity contribution in [3.8, 4) is 11.4 Å². The quantitative estimate of drug-likeness (QED) is 0.112. The van der Waals surface area contributed by atoms with E-state index in [4.69, 9.17) is 4.79 Å². The number of anilines is 1. The fourth-order valence-electron chi connectivity index (χ4n) is 4.74. The fraction of sp³-hybridized carbons (Fsp3) is 0.235. The molecule has 0 radical (unpaired) electrons. The normalized spacial score (nSPS) is 11.4. The first kappa shape index (κ1) is 35.4. The third-order valence-electron chi connectivity index (χ3n) is 7.04. The smallest absolute Gasteiger partial charge is 0.372 e. The van der Waals surface area contributed by atoms with Gasteiger partial charge in [-0.2, -0.15) is 13.2 Å². The summed E-state index contributed by atoms with van der Waals surface area (Å²) in [7, 11) is 1.77. The van der Waals surface area contributed by atoms with Crippen molar-refractivity contribution in [1.82, 2.24) is 14.9 Å². The van der Waals surface area contributed by atoms with Crippen molar-refractivity contribution in [3.05, 3.63) is 128 Å². The van der Waals surface area contributed by atoms with E-state index in [2.05, 4.69) is 21.4 Å². The Kier molecular flexibility index (Phi) is 12.1. The molecule has 1 amide bonds. The Balaban J connectivity index is 0.00000185. The number of primary amides is 1. The summed E-state index contributed by atoms with van der Waals surface area (Å²) < 4.78 is 56.8. The number of rotatable bonds is 10. The number of amides is 1. The highest BCUT2D eigenvalue weighted by Crippen LogP contribution is 2.32. The number of ketones is 1. The zero-order chi connectivity index (χ0) is 34.0. The van der Waals surface area contributed by atoms with Gasteiger partial charge in [-0.1, -0.05) is 31.2 Å².